The van der Waals surface area contributed by atoms with Crippen molar-refractivity contribution >= 4 is 35.5 Å². The van der Waals surface area contributed by atoms with Crippen molar-refractivity contribution in [2.45, 2.75) is 50.9 Å². The smallest absolute Gasteiger partial charge is 0.328 e. The number of aromatic hydroxyl groups is 1. The quantitative estimate of drug-likeness (QED) is 0.172. The van der Waals surface area contributed by atoms with E-state index in [1.165, 1.54) is 23.9 Å². The Bertz CT molecular complexity index is 835. The first-order valence-corrected chi connectivity index (χ1v) is 12.2. The number of carbonyl (C=O) groups excluding carboxylic acids is 3. The standard InChI is InChI=1S/C22H34N4O7S/c1-12(2)18(21(31)25-17(11-27)22(32)33)26-20(30)16(8-9-34-3)24-19(29)15(23)10-13-4-6-14(28)7-5-13/h4-7,12,15-18,27-28H,8-11,23H2,1-3H3,(H,24,29)(H,25,31)(H,26,30)(H,32,33). The highest BCUT2D eigenvalue weighted by atomic mass is 32.2. The van der Waals surface area contributed by atoms with Crippen molar-refractivity contribution in [1.82, 2.24) is 16.0 Å². The molecule has 3 amide bonds. The number of aliphatic carboxylic acids is 1. The fourth-order valence-corrected chi connectivity index (χ4v) is 3.47. The number of nitrogens with one attached hydrogen (secondary N) is 3. The minimum atomic E-state index is -1.50. The van der Waals surface area contributed by atoms with Gasteiger partial charge < -0.3 is 37.0 Å². The second-order valence-corrected chi connectivity index (χ2v) is 9.12. The van der Waals surface area contributed by atoms with E-state index in [1.807, 2.05) is 6.26 Å². The molecule has 0 radical (unpaired) electrons. The molecule has 8 N–H and O–H groups in total. The third kappa shape index (κ3) is 9.57. The van der Waals surface area contributed by atoms with Crippen molar-refractivity contribution in [3.05, 3.63) is 29.8 Å². The molecule has 1 rings (SSSR count). The van der Waals surface area contributed by atoms with Crippen LogP contribution in [0.4, 0.5) is 0 Å². The first-order chi connectivity index (χ1) is 16.0. The van der Waals surface area contributed by atoms with Crippen LogP contribution in [-0.4, -0.2) is 81.8 Å². The van der Waals surface area contributed by atoms with Gasteiger partial charge in [0, 0.05) is 0 Å². The van der Waals surface area contributed by atoms with Crippen molar-refractivity contribution in [1.29, 1.82) is 0 Å². The maximum absolute atomic E-state index is 13.0. The first kappa shape index (κ1) is 29.2. The summed E-state index contributed by atoms with van der Waals surface area (Å²) in [5.41, 5.74) is 6.74. The monoisotopic (exact) mass is 498 g/mol. The molecule has 1 aromatic carbocycles. The summed E-state index contributed by atoms with van der Waals surface area (Å²) in [6, 6.07) is 1.75. The third-order valence-electron chi connectivity index (χ3n) is 5.02. The van der Waals surface area contributed by atoms with Crippen LogP contribution in [0, 0.1) is 5.92 Å². The number of aliphatic hydroxyl groups excluding tert-OH is 1. The van der Waals surface area contributed by atoms with Crippen LogP contribution in [0.15, 0.2) is 24.3 Å². The number of amides is 3. The average Bonchev–Trinajstić information content (AvgIpc) is 2.78. The molecule has 0 bridgehead atoms. The highest BCUT2D eigenvalue weighted by Crippen LogP contribution is 2.11. The van der Waals surface area contributed by atoms with E-state index in [0.29, 0.717) is 5.75 Å². The SMILES string of the molecule is CSCCC(NC(=O)C(N)Cc1ccc(O)cc1)C(=O)NC(C(=O)NC(CO)C(=O)O)C(C)C. The molecule has 0 spiro atoms. The molecule has 0 heterocycles. The summed E-state index contributed by atoms with van der Waals surface area (Å²) in [5.74, 6) is -3.08. The lowest BCUT2D eigenvalue weighted by Gasteiger charge is -2.26. The minimum absolute atomic E-state index is 0.0907. The Morgan fingerprint density at radius 1 is 0.971 bits per heavy atom. The van der Waals surface area contributed by atoms with E-state index >= 15 is 0 Å². The molecule has 0 aromatic heterocycles. The Morgan fingerprint density at radius 2 is 1.56 bits per heavy atom. The van der Waals surface area contributed by atoms with Gasteiger partial charge in [-0.2, -0.15) is 11.8 Å². The van der Waals surface area contributed by atoms with Crippen molar-refractivity contribution in [2.24, 2.45) is 11.7 Å². The molecule has 0 aliphatic heterocycles. The molecule has 0 fully saturated rings. The fourth-order valence-electron chi connectivity index (χ4n) is 3.00. The number of carboxylic acid groups (broad SMARTS) is 1. The van der Waals surface area contributed by atoms with Gasteiger partial charge in [-0.1, -0.05) is 26.0 Å². The van der Waals surface area contributed by atoms with Crippen LogP contribution in [0.5, 0.6) is 5.75 Å². The highest BCUT2D eigenvalue weighted by Gasteiger charge is 2.31. The molecule has 11 nitrogen and oxygen atoms in total. The van der Waals surface area contributed by atoms with Crippen LogP contribution in [0.1, 0.15) is 25.8 Å². The number of carboxylic acids is 1. The van der Waals surface area contributed by atoms with E-state index in [1.54, 1.807) is 26.0 Å². The number of hydrogen-bond donors (Lipinski definition) is 7. The van der Waals surface area contributed by atoms with Crippen molar-refractivity contribution in [3.63, 3.8) is 0 Å². The number of aliphatic hydroxyl groups is 1. The van der Waals surface area contributed by atoms with Crippen molar-refractivity contribution in [3.8, 4) is 5.75 Å². The van der Waals surface area contributed by atoms with Gasteiger partial charge in [0.05, 0.1) is 12.6 Å². The van der Waals surface area contributed by atoms with E-state index in [9.17, 15) is 24.3 Å². The van der Waals surface area contributed by atoms with Crippen molar-refractivity contribution in [2.75, 3.05) is 18.6 Å². The molecule has 34 heavy (non-hydrogen) atoms. The second-order valence-electron chi connectivity index (χ2n) is 8.13. The summed E-state index contributed by atoms with van der Waals surface area (Å²) < 4.78 is 0. The largest absolute Gasteiger partial charge is 0.508 e. The number of hydrogen-bond acceptors (Lipinski definition) is 8. The minimum Gasteiger partial charge on any atom is -0.508 e. The van der Waals surface area contributed by atoms with Gasteiger partial charge in [-0.15, -0.1) is 0 Å². The Hall–Kier alpha value is -2.83. The number of phenolic OH excluding ortho intramolecular Hbond substituents is 1. The number of nitrogens with two attached hydrogens (primary N) is 1. The van der Waals surface area contributed by atoms with Gasteiger partial charge in [-0.25, -0.2) is 4.79 Å². The van der Waals surface area contributed by atoms with Crippen LogP contribution in [0.25, 0.3) is 0 Å². The number of thioether (sulfide) groups is 1. The lowest BCUT2D eigenvalue weighted by atomic mass is 10.0. The molecular weight excluding hydrogens is 464 g/mol. The summed E-state index contributed by atoms with van der Waals surface area (Å²) in [7, 11) is 0. The summed E-state index contributed by atoms with van der Waals surface area (Å²) in [5, 5.41) is 35.0. The molecule has 12 heteroatoms. The molecule has 0 aliphatic carbocycles. The number of phenols is 1. The van der Waals surface area contributed by atoms with Gasteiger partial charge in [0.2, 0.25) is 17.7 Å². The van der Waals surface area contributed by atoms with Gasteiger partial charge in [0.15, 0.2) is 0 Å². The molecule has 1 aromatic rings. The predicted octanol–water partition coefficient (Wildman–Crippen LogP) is -0.798. The summed E-state index contributed by atoms with van der Waals surface area (Å²) in [6.07, 6.45) is 2.32. The lowest BCUT2D eigenvalue weighted by molar-refractivity contribution is -0.143. The van der Waals surface area contributed by atoms with Crippen LogP contribution in [-0.2, 0) is 25.6 Å². The average molecular weight is 499 g/mol. The topological polar surface area (TPSA) is 191 Å². The number of benzene rings is 1. The van der Waals surface area contributed by atoms with Crippen LogP contribution >= 0.6 is 11.8 Å². The summed E-state index contributed by atoms with van der Waals surface area (Å²) in [4.78, 5) is 49.3. The Balaban J connectivity index is 2.88. The fraction of sp³-hybridized carbons (Fsp3) is 0.545. The van der Waals surface area contributed by atoms with E-state index in [0.717, 1.165) is 5.56 Å². The van der Waals surface area contributed by atoms with Gasteiger partial charge >= 0.3 is 5.97 Å². The normalized spacial score (nSPS) is 14.5. The Labute approximate surface area is 202 Å². The zero-order valence-corrected chi connectivity index (χ0v) is 20.3. The highest BCUT2D eigenvalue weighted by molar-refractivity contribution is 7.98. The second kappa shape index (κ2) is 14.4. The van der Waals surface area contributed by atoms with Crippen LogP contribution in [0.3, 0.4) is 0 Å². The molecule has 0 saturated carbocycles. The van der Waals surface area contributed by atoms with Crippen molar-refractivity contribution < 1.29 is 34.5 Å². The van der Waals surface area contributed by atoms with Gasteiger partial charge in [-0.3, -0.25) is 14.4 Å². The van der Waals surface area contributed by atoms with Crippen LogP contribution in [0.2, 0.25) is 0 Å². The van der Waals surface area contributed by atoms with E-state index in [-0.39, 0.29) is 18.6 Å². The zero-order valence-electron chi connectivity index (χ0n) is 19.5. The number of carbonyl (C=O) groups is 4. The molecule has 0 saturated heterocycles. The Kier molecular flexibility index (Phi) is 12.4. The molecule has 0 aliphatic rings. The summed E-state index contributed by atoms with van der Waals surface area (Å²) in [6.45, 7) is 2.54. The van der Waals surface area contributed by atoms with Crippen LogP contribution < -0.4 is 21.7 Å². The molecule has 4 atom stereocenters. The number of rotatable bonds is 14. The molecular formula is C22H34N4O7S. The van der Waals surface area contributed by atoms with E-state index in [2.05, 4.69) is 16.0 Å². The zero-order chi connectivity index (χ0) is 25.8. The lowest BCUT2D eigenvalue weighted by Crippen LogP contribution is -2.59. The van der Waals surface area contributed by atoms with Gasteiger partial charge in [0.25, 0.3) is 0 Å². The van der Waals surface area contributed by atoms with E-state index < -0.39 is 60.4 Å². The first-order valence-electron chi connectivity index (χ1n) is 10.8. The summed E-state index contributed by atoms with van der Waals surface area (Å²) >= 11 is 1.47. The van der Waals surface area contributed by atoms with Gasteiger partial charge in [-0.05, 0) is 48.5 Å². The van der Waals surface area contributed by atoms with Gasteiger partial charge in [0.1, 0.15) is 23.9 Å². The Morgan fingerprint density at radius 3 is 2.06 bits per heavy atom. The maximum Gasteiger partial charge on any atom is 0.328 e. The predicted molar refractivity (Wildman–Crippen MR) is 128 cm³/mol. The molecule has 190 valence electrons. The molecule has 4 unspecified atom stereocenters. The maximum atomic E-state index is 13.0. The van der Waals surface area contributed by atoms with E-state index in [4.69, 9.17) is 15.9 Å². The third-order valence-corrected chi connectivity index (χ3v) is 5.66.